The van der Waals surface area contributed by atoms with Crippen LogP contribution in [0.4, 0.5) is 5.69 Å². The van der Waals surface area contributed by atoms with Gasteiger partial charge in [-0.2, -0.15) is 0 Å². The molecular weight excluding hydrogens is 308 g/mol. The fourth-order valence-corrected chi connectivity index (χ4v) is 4.76. The minimum atomic E-state index is -3.54. The Morgan fingerprint density at radius 2 is 1.57 bits per heavy atom. The fraction of sp³-hybridized carbons (Fsp3) is 0.278. The Morgan fingerprint density at radius 3 is 2.17 bits per heavy atom. The summed E-state index contributed by atoms with van der Waals surface area (Å²) >= 11 is 0. The number of sulfonamides is 1. The molecule has 0 amide bonds. The van der Waals surface area contributed by atoms with E-state index in [1.54, 1.807) is 12.1 Å². The first-order valence-electron chi connectivity index (χ1n) is 7.63. The Kier molecular flexibility index (Phi) is 3.76. The van der Waals surface area contributed by atoms with Crippen molar-refractivity contribution in [2.45, 2.75) is 38.6 Å². The summed E-state index contributed by atoms with van der Waals surface area (Å²) in [5, 5.41) is 0. The van der Waals surface area contributed by atoms with Crippen LogP contribution in [0.25, 0.3) is 0 Å². The predicted molar refractivity (Wildman–Crippen MR) is 92.7 cm³/mol. The summed E-state index contributed by atoms with van der Waals surface area (Å²) in [6, 6.07) is 12.8. The molecule has 2 aromatic carbocycles. The van der Waals surface area contributed by atoms with Crippen LogP contribution in [0.1, 0.15) is 30.5 Å². The molecule has 0 aromatic heterocycles. The molecule has 4 nitrogen and oxygen atoms in total. The third kappa shape index (κ3) is 2.45. The van der Waals surface area contributed by atoms with Crippen LogP contribution in [0.5, 0.6) is 0 Å². The molecular formula is C18H20N2O2S. The van der Waals surface area contributed by atoms with E-state index in [0.717, 1.165) is 16.8 Å². The highest BCUT2D eigenvalue weighted by Crippen LogP contribution is 2.35. The number of nitrogens with zero attached hydrogens (tertiary/aromatic N) is 2. The third-order valence-electron chi connectivity index (χ3n) is 4.00. The Hall–Kier alpha value is -2.14. The third-order valence-corrected chi connectivity index (χ3v) is 6.02. The average Bonchev–Trinajstić information content (AvgIpc) is 2.71. The topological polar surface area (TPSA) is 49.7 Å². The van der Waals surface area contributed by atoms with Crippen LogP contribution in [0, 0.1) is 13.8 Å². The number of hydrogen-bond donors (Lipinski definition) is 0. The summed E-state index contributed by atoms with van der Waals surface area (Å²) in [5.41, 5.74) is 3.56. The molecule has 0 spiro atoms. The van der Waals surface area contributed by atoms with Gasteiger partial charge in [0.05, 0.1) is 10.6 Å². The first-order valence-corrected chi connectivity index (χ1v) is 9.07. The lowest BCUT2D eigenvalue weighted by Crippen LogP contribution is -2.36. The van der Waals surface area contributed by atoms with Crippen LogP contribution in [-0.2, 0) is 10.0 Å². The van der Waals surface area contributed by atoms with Gasteiger partial charge in [0, 0.05) is 11.6 Å². The van der Waals surface area contributed by atoms with Gasteiger partial charge in [-0.1, -0.05) is 30.3 Å². The normalized spacial score (nSPS) is 17.8. The molecule has 0 saturated carbocycles. The molecule has 23 heavy (non-hydrogen) atoms. The van der Waals surface area contributed by atoms with Gasteiger partial charge in [0.15, 0.2) is 5.84 Å². The molecule has 0 bridgehead atoms. The first-order chi connectivity index (χ1) is 10.8. The molecule has 120 valence electrons. The molecule has 0 fully saturated rings. The van der Waals surface area contributed by atoms with Gasteiger partial charge in [-0.3, -0.25) is 0 Å². The molecule has 1 aliphatic rings. The second-order valence-corrected chi connectivity index (χ2v) is 7.85. The number of hydrogen-bond acceptors (Lipinski definition) is 3. The van der Waals surface area contributed by atoms with Gasteiger partial charge < -0.3 is 0 Å². The number of para-hydroxylation sites is 1. The Morgan fingerprint density at radius 1 is 0.957 bits per heavy atom. The minimum Gasteiger partial charge on any atom is -0.247 e. The van der Waals surface area contributed by atoms with Crippen LogP contribution < -0.4 is 0 Å². The molecule has 0 unspecified atom stereocenters. The number of fused-ring (bicyclic) bond motifs is 1. The highest BCUT2D eigenvalue weighted by Gasteiger charge is 2.40. The summed E-state index contributed by atoms with van der Waals surface area (Å²) < 4.78 is 27.1. The summed E-state index contributed by atoms with van der Waals surface area (Å²) in [5.74, 6) is 0.507. The highest BCUT2D eigenvalue weighted by molar-refractivity contribution is 7.90. The van der Waals surface area contributed by atoms with Crippen molar-refractivity contribution in [2.24, 2.45) is 4.99 Å². The molecule has 0 N–H and O–H groups in total. The number of aliphatic imine (C=N–C) groups is 1. The SMILES string of the molecule is Cc1cccc(C)c1N=C1c2ccccc2S(=O)(=O)N1C(C)C. The van der Waals surface area contributed by atoms with Crippen molar-refractivity contribution < 1.29 is 8.42 Å². The van der Waals surface area contributed by atoms with Crippen molar-refractivity contribution in [3.05, 3.63) is 59.2 Å². The minimum absolute atomic E-state index is 0.199. The maximum atomic E-state index is 12.8. The van der Waals surface area contributed by atoms with Gasteiger partial charge >= 0.3 is 0 Å². The Labute approximate surface area is 137 Å². The zero-order valence-corrected chi connectivity index (χ0v) is 14.6. The van der Waals surface area contributed by atoms with Crippen LogP contribution >= 0.6 is 0 Å². The van der Waals surface area contributed by atoms with E-state index in [1.807, 2.05) is 58.0 Å². The second kappa shape index (κ2) is 5.49. The van der Waals surface area contributed by atoms with E-state index in [2.05, 4.69) is 0 Å². The number of amidine groups is 1. The smallest absolute Gasteiger partial charge is 0.247 e. The maximum Gasteiger partial charge on any atom is 0.266 e. The molecule has 3 rings (SSSR count). The van der Waals surface area contributed by atoms with Crippen molar-refractivity contribution in [1.29, 1.82) is 0 Å². The highest BCUT2D eigenvalue weighted by atomic mass is 32.2. The monoisotopic (exact) mass is 328 g/mol. The standard InChI is InChI=1S/C18H20N2O2S/c1-12(2)20-18(19-17-13(3)8-7-9-14(17)4)15-10-5-6-11-16(15)23(20,21)22/h5-12H,1-4H3. The van der Waals surface area contributed by atoms with E-state index in [-0.39, 0.29) is 6.04 Å². The Bertz CT molecular complexity index is 879. The fourth-order valence-electron chi connectivity index (χ4n) is 2.93. The van der Waals surface area contributed by atoms with E-state index in [1.165, 1.54) is 4.31 Å². The van der Waals surface area contributed by atoms with Crippen molar-refractivity contribution in [1.82, 2.24) is 4.31 Å². The number of benzene rings is 2. The molecule has 1 heterocycles. The van der Waals surface area contributed by atoms with E-state index in [0.29, 0.717) is 16.3 Å². The van der Waals surface area contributed by atoms with Crippen molar-refractivity contribution in [2.75, 3.05) is 0 Å². The van der Waals surface area contributed by atoms with E-state index >= 15 is 0 Å². The summed E-state index contributed by atoms with van der Waals surface area (Å²) in [7, 11) is -3.54. The largest absolute Gasteiger partial charge is 0.266 e. The summed E-state index contributed by atoms with van der Waals surface area (Å²) in [6.07, 6.45) is 0. The van der Waals surface area contributed by atoms with Crippen LogP contribution in [0.3, 0.4) is 0 Å². The predicted octanol–water partition coefficient (Wildman–Crippen LogP) is 3.79. The maximum absolute atomic E-state index is 12.8. The van der Waals surface area contributed by atoms with E-state index < -0.39 is 10.0 Å². The second-order valence-electron chi connectivity index (χ2n) is 6.07. The molecule has 1 aliphatic heterocycles. The zero-order valence-electron chi connectivity index (χ0n) is 13.7. The molecule has 0 atom stereocenters. The average molecular weight is 328 g/mol. The zero-order chi connectivity index (χ0) is 16.8. The molecule has 0 radical (unpaired) electrons. The van der Waals surface area contributed by atoms with Crippen LogP contribution in [0.15, 0.2) is 52.4 Å². The molecule has 5 heteroatoms. The molecule has 0 aliphatic carbocycles. The van der Waals surface area contributed by atoms with Gasteiger partial charge in [0.1, 0.15) is 0 Å². The van der Waals surface area contributed by atoms with Gasteiger partial charge in [-0.25, -0.2) is 17.7 Å². The summed E-state index contributed by atoms with van der Waals surface area (Å²) in [4.78, 5) is 5.09. The quantitative estimate of drug-likeness (QED) is 0.842. The van der Waals surface area contributed by atoms with Gasteiger partial charge in [0.2, 0.25) is 0 Å². The molecule has 2 aromatic rings. The van der Waals surface area contributed by atoms with Crippen molar-refractivity contribution >= 4 is 21.5 Å². The first kappa shape index (κ1) is 15.7. The van der Waals surface area contributed by atoms with E-state index in [9.17, 15) is 8.42 Å². The van der Waals surface area contributed by atoms with Crippen molar-refractivity contribution in [3.8, 4) is 0 Å². The van der Waals surface area contributed by atoms with E-state index in [4.69, 9.17) is 4.99 Å². The lowest BCUT2D eigenvalue weighted by Gasteiger charge is -2.22. The number of rotatable bonds is 2. The van der Waals surface area contributed by atoms with Crippen LogP contribution in [-0.4, -0.2) is 24.6 Å². The summed E-state index contributed by atoms with van der Waals surface area (Å²) in [6.45, 7) is 7.70. The Balaban J connectivity index is 2.31. The molecule has 0 saturated heterocycles. The van der Waals surface area contributed by atoms with Gasteiger partial charge in [-0.05, 0) is 51.0 Å². The van der Waals surface area contributed by atoms with Gasteiger partial charge in [0.25, 0.3) is 10.0 Å². The van der Waals surface area contributed by atoms with Crippen molar-refractivity contribution in [3.63, 3.8) is 0 Å². The number of aryl methyl sites for hydroxylation is 2. The van der Waals surface area contributed by atoms with Crippen LogP contribution in [0.2, 0.25) is 0 Å². The van der Waals surface area contributed by atoms with Gasteiger partial charge in [-0.15, -0.1) is 0 Å². The lowest BCUT2D eigenvalue weighted by atomic mass is 10.1. The lowest BCUT2D eigenvalue weighted by molar-refractivity contribution is 0.480.